The maximum Gasteiger partial charge on any atom is 0.250 e. The van der Waals surface area contributed by atoms with E-state index in [9.17, 15) is 9.90 Å². The molecule has 0 aromatic heterocycles. The molecule has 4 heteroatoms. The number of nitrogens with one attached hydrogen (secondary N) is 1. The van der Waals surface area contributed by atoms with E-state index in [2.05, 4.69) is 12.2 Å². The summed E-state index contributed by atoms with van der Waals surface area (Å²) in [5, 5.41) is 12.3. The zero-order chi connectivity index (χ0) is 10.6. The lowest BCUT2D eigenvalue weighted by atomic mass is 10.0. The Kier molecular flexibility index (Phi) is 4.35. The highest BCUT2D eigenvalue weighted by Crippen LogP contribution is 2.18. The number of aliphatic hydroxyl groups is 1. The summed E-state index contributed by atoms with van der Waals surface area (Å²) < 4.78 is 0. The number of hydrogen-bond donors (Lipinski definition) is 3. The Bertz CT molecular complexity index is 193. The summed E-state index contributed by atoms with van der Waals surface area (Å²) >= 11 is 0. The number of rotatable bonds is 6. The van der Waals surface area contributed by atoms with Gasteiger partial charge in [-0.15, -0.1) is 0 Å². The third kappa shape index (κ3) is 3.64. The molecule has 1 aliphatic rings. The third-order valence-electron chi connectivity index (χ3n) is 2.49. The molecule has 82 valence electrons. The number of carbonyl (C=O) groups excluding carboxylic acids is 1. The minimum atomic E-state index is -1.04. The van der Waals surface area contributed by atoms with Crippen LogP contribution < -0.4 is 11.1 Å². The predicted octanol–water partition coefficient (Wildman–Crippen LogP) is 0.143. The number of aliphatic hydroxyl groups excluding tert-OH is 1. The first-order valence-corrected chi connectivity index (χ1v) is 5.39. The summed E-state index contributed by atoms with van der Waals surface area (Å²) in [5.41, 5.74) is 5.69. The molecule has 0 aliphatic heterocycles. The molecule has 4 nitrogen and oxygen atoms in total. The fourth-order valence-electron chi connectivity index (χ4n) is 1.31. The molecule has 1 saturated carbocycles. The molecule has 4 N–H and O–H groups in total. The van der Waals surface area contributed by atoms with Gasteiger partial charge in [-0.25, -0.2) is 0 Å². The molecule has 0 saturated heterocycles. The maximum atomic E-state index is 11.4. The standard InChI is InChI=1S/C10H20N2O2/c1-2-3-4-8(11)9(13)10(14)12-7-5-6-7/h7-9,13H,2-6,11H2,1H3,(H,12,14)/t8-,9+/m0/s1. The van der Waals surface area contributed by atoms with E-state index in [1.807, 2.05) is 0 Å². The Morgan fingerprint density at radius 1 is 1.64 bits per heavy atom. The van der Waals surface area contributed by atoms with Gasteiger partial charge >= 0.3 is 0 Å². The van der Waals surface area contributed by atoms with Crippen LogP contribution in [-0.4, -0.2) is 29.2 Å². The molecule has 0 heterocycles. The fourth-order valence-corrected chi connectivity index (χ4v) is 1.31. The van der Waals surface area contributed by atoms with Crippen molar-refractivity contribution in [3.05, 3.63) is 0 Å². The summed E-state index contributed by atoms with van der Waals surface area (Å²) in [6.45, 7) is 2.06. The van der Waals surface area contributed by atoms with Crippen molar-refractivity contribution in [2.75, 3.05) is 0 Å². The van der Waals surface area contributed by atoms with Crippen LogP contribution >= 0.6 is 0 Å². The summed E-state index contributed by atoms with van der Waals surface area (Å²) in [7, 11) is 0. The van der Waals surface area contributed by atoms with E-state index >= 15 is 0 Å². The third-order valence-corrected chi connectivity index (χ3v) is 2.49. The van der Waals surface area contributed by atoms with Crippen LogP contribution in [0.25, 0.3) is 0 Å². The van der Waals surface area contributed by atoms with Gasteiger partial charge in [-0.3, -0.25) is 4.79 Å². The smallest absolute Gasteiger partial charge is 0.250 e. The molecule has 1 aliphatic carbocycles. The van der Waals surface area contributed by atoms with Crippen LogP contribution in [0, 0.1) is 0 Å². The Labute approximate surface area is 84.9 Å². The van der Waals surface area contributed by atoms with E-state index in [1.54, 1.807) is 0 Å². The zero-order valence-electron chi connectivity index (χ0n) is 8.70. The number of nitrogens with two attached hydrogens (primary N) is 1. The van der Waals surface area contributed by atoms with E-state index in [4.69, 9.17) is 5.73 Å². The van der Waals surface area contributed by atoms with Crippen molar-refractivity contribution >= 4 is 5.91 Å². The molecular weight excluding hydrogens is 180 g/mol. The van der Waals surface area contributed by atoms with Gasteiger partial charge in [0.2, 0.25) is 0 Å². The summed E-state index contributed by atoms with van der Waals surface area (Å²) in [5.74, 6) is -0.309. The Morgan fingerprint density at radius 2 is 2.29 bits per heavy atom. The van der Waals surface area contributed by atoms with Gasteiger partial charge in [0.25, 0.3) is 5.91 Å². The highest BCUT2D eigenvalue weighted by atomic mass is 16.3. The molecule has 0 unspecified atom stereocenters. The SMILES string of the molecule is CCCC[C@H](N)[C@@H](O)C(=O)NC1CC1. The second kappa shape index (κ2) is 5.32. The Morgan fingerprint density at radius 3 is 2.79 bits per heavy atom. The Balaban J connectivity index is 2.22. The highest BCUT2D eigenvalue weighted by Gasteiger charge is 2.28. The van der Waals surface area contributed by atoms with Crippen LogP contribution in [0.5, 0.6) is 0 Å². The van der Waals surface area contributed by atoms with Crippen molar-refractivity contribution in [2.24, 2.45) is 5.73 Å². The zero-order valence-corrected chi connectivity index (χ0v) is 8.70. The molecular formula is C10H20N2O2. The largest absolute Gasteiger partial charge is 0.382 e. The first-order valence-electron chi connectivity index (χ1n) is 5.39. The lowest BCUT2D eigenvalue weighted by molar-refractivity contribution is -0.130. The second-order valence-corrected chi connectivity index (χ2v) is 4.03. The lowest BCUT2D eigenvalue weighted by Gasteiger charge is -2.17. The average molecular weight is 200 g/mol. The molecule has 14 heavy (non-hydrogen) atoms. The van der Waals surface area contributed by atoms with Crippen molar-refractivity contribution in [2.45, 2.75) is 57.2 Å². The van der Waals surface area contributed by atoms with Crippen LogP contribution in [0.3, 0.4) is 0 Å². The van der Waals surface area contributed by atoms with Gasteiger partial charge in [-0.05, 0) is 19.3 Å². The van der Waals surface area contributed by atoms with Crippen molar-refractivity contribution in [3.8, 4) is 0 Å². The van der Waals surface area contributed by atoms with Gasteiger partial charge in [0.15, 0.2) is 0 Å². The van der Waals surface area contributed by atoms with Gasteiger partial charge in [0.05, 0.1) is 0 Å². The van der Waals surface area contributed by atoms with E-state index < -0.39 is 12.1 Å². The van der Waals surface area contributed by atoms with Gasteiger partial charge in [-0.2, -0.15) is 0 Å². The Hall–Kier alpha value is -0.610. The molecule has 0 spiro atoms. The summed E-state index contributed by atoms with van der Waals surface area (Å²) in [6, 6.07) is -0.135. The van der Waals surface area contributed by atoms with Crippen LogP contribution in [0.2, 0.25) is 0 Å². The fraction of sp³-hybridized carbons (Fsp3) is 0.900. The maximum absolute atomic E-state index is 11.4. The average Bonchev–Trinajstić information content (AvgIpc) is 2.96. The first kappa shape index (κ1) is 11.5. The number of carbonyl (C=O) groups is 1. The number of unbranched alkanes of at least 4 members (excludes halogenated alkanes) is 1. The van der Waals surface area contributed by atoms with Crippen LogP contribution in [0.15, 0.2) is 0 Å². The molecule has 2 atom stereocenters. The number of amides is 1. The normalized spacial score (nSPS) is 20.2. The number of hydrogen-bond acceptors (Lipinski definition) is 3. The molecule has 1 rings (SSSR count). The van der Waals surface area contributed by atoms with Gasteiger partial charge in [-0.1, -0.05) is 19.8 Å². The minimum Gasteiger partial charge on any atom is -0.382 e. The van der Waals surface area contributed by atoms with E-state index in [0.29, 0.717) is 6.42 Å². The minimum absolute atomic E-state index is 0.288. The monoisotopic (exact) mass is 200 g/mol. The van der Waals surface area contributed by atoms with Crippen molar-refractivity contribution in [1.29, 1.82) is 0 Å². The molecule has 0 radical (unpaired) electrons. The van der Waals surface area contributed by atoms with Crippen LogP contribution in [0.4, 0.5) is 0 Å². The van der Waals surface area contributed by atoms with Crippen molar-refractivity contribution in [3.63, 3.8) is 0 Å². The first-order chi connectivity index (χ1) is 6.65. The molecule has 1 fully saturated rings. The van der Waals surface area contributed by atoms with Crippen LogP contribution in [-0.2, 0) is 4.79 Å². The topological polar surface area (TPSA) is 75.3 Å². The van der Waals surface area contributed by atoms with Gasteiger partial charge in [0.1, 0.15) is 6.10 Å². The van der Waals surface area contributed by atoms with E-state index in [0.717, 1.165) is 25.7 Å². The lowest BCUT2D eigenvalue weighted by Crippen LogP contribution is -2.46. The molecule has 0 aromatic rings. The van der Waals surface area contributed by atoms with Crippen molar-refractivity contribution in [1.82, 2.24) is 5.32 Å². The summed E-state index contributed by atoms with van der Waals surface area (Å²) in [4.78, 5) is 11.4. The van der Waals surface area contributed by atoms with Gasteiger partial charge < -0.3 is 16.2 Å². The molecule has 1 amide bonds. The van der Waals surface area contributed by atoms with Crippen LogP contribution in [0.1, 0.15) is 39.0 Å². The van der Waals surface area contributed by atoms with E-state index in [1.165, 1.54) is 0 Å². The van der Waals surface area contributed by atoms with Crippen molar-refractivity contribution < 1.29 is 9.90 Å². The molecule has 0 aromatic carbocycles. The quantitative estimate of drug-likeness (QED) is 0.571. The van der Waals surface area contributed by atoms with Gasteiger partial charge in [0, 0.05) is 12.1 Å². The summed E-state index contributed by atoms with van der Waals surface area (Å²) in [6.07, 6.45) is 3.71. The second-order valence-electron chi connectivity index (χ2n) is 4.03. The van der Waals surface area contributed by atoms with E-state index in [-0.39, 0.29) is 11.9 Å². The molecule has 0 bridgehead atoms. The highest BCUT2D eigenvalue weighted by molar-refractivity contribution is 5.81. The predicted molar refractivity (Wildman–Crippen MR) is 54.7 cm³/mol.